The normalized spacial score (nSPS) is 10.3. The van der Waals surface area contributed by atoms with Crippen molar-refractivity contribution >= 4 is 5.91 Å². The molecule has 0 unspecified atom stereocenters. The predicted octanol–water partition coefficient (Wildman–Crippen LogP) is 3.29. The number of carbonyl (C=O) groups is 1. The molecule has 0 aliphatic heterocycles. The van der Waals surface area contributed by atoms with Gasteiger partial charge < -0.3 is 19.2 Å². The van der Waals surface area contributed by atoms with Crippen molar-refractivity contribution in [3.63, 3.8) is 0 Å². The summed E-state index contributed by atoms with van der Waals surface area (Å²) in [5.41, 5.74) is 2.05. The first-order valence-corrected chi connectivity index (χ1v) is 7.71. The van der Waals surface area contributed by atoms with Crippen molar-refractivity contribution in [2.45, 2.75) is 6.54 Å². The molecule has 0 saturated heterocycles. The van der Waals surface area contributed by atoms with Gasteiger partial charge in [-0.2, -0.15) is 0 Å². The van der Waals surface area contributed by atoms with Gasteiger partial charge >= 0.3 is 0 Å². The number of para-hydroxylation sites is 1. The largest absolute Gasteiger partial charge is 0.493 e. The minimum absolute atomic E-state index is 0.243. The van der Waals surface area contributed by atoms with Gasteiger partial charge in [0.25, 0.3) is 5.91 Å². The van der Waals surface area contributed by atoms with Gasteiger partial charge in [-0.15, -0.1) is 0 Å². The zero-order chi connectivity index (χ0) is 17.6. The highest BCUT2D eigenvalue weighted by Gasteiger charge is 2.16. The predicted molar refractivity (Wildman–Crippen MR) is 92.7 cm³/mol. The minimum atomic E-state index is -0.243. The molecule has 0 radical (unpaired) electrons. The molecule has 2 aromatic heterocycles. The van der Waals surface area contributed by atoms with E-state index in [0.29, 0.717) is 29.4 Å². The van der Waals surface area contributed by atoms with E-state index in [2.05, 4.69) is 10.3 Å². The Balaban J connectivity index is 1.74. The Labute approximate surface area is 145 Å². The van der Waals surface area contributed by atoms with Crippen LogP contribution in [0.2, 0.25) is 0 Å². The quantitative estimate of drug-likeness (QED) is 0.746. The van der Waals surface area contributed by atoms with Gasteiger partial charge in [-0.25, -0.2) is 0 Å². The maximum Gasteiger partial charge on any atom is 0.255 e. The number of methoxy groups -OCH3 is 2. The molecular formula is C19H18N2O4. The fourth-order valence-corrected chi connectivity index (χ4v) is 2.49. The molecule has 25 heavy (non-hydrogen) atoms. The summed E-state index contributed by atoms with van der Waals surface area (Å²) in [6, 6.07) is 12.5. The summed E-state index contributed by atoms with van der Waals surface area (Å²) < 4.78 is 15.9. The van der Waals surface area contributed by atoms with Gasteiger partial charge in [0.15, 0.2) is 17.3 Å². The number of carbonyl (C=O) groups excluding carboxylic acids is 1. The monoisotopic (exact) mass is 338 g/mol. The summed E-state index contributed by atoms with van der Waals surface area (Å²) >= 11 is 0. The molecule has 0 fully saturated rings. The zero-order valence-corrected chi connectivity index (χ0v) is 14.0. The summed E-state index contributed by atoms with van der Waals surface area (Å²) in [5, 5.41) is 2.88. The third kappa shape index (κ3) is 3.63. The second-order valence-electron chi connectivity index (χ2n) is 5.25. The molecule has 0 atom stereocenters. The standard InChI is InChI=1S/C19H18N2O4/c1-23-17-6-3-5-14(18(17)24-2)19(22)21-12-13-8-9-20-15(11-13)16-7-4-10-25-16/h3-11H,12H2,1-2H3,(H,21,22). The lowest BCUT2D eigenvalue weighted by molar-refractivity contribution is 0.0947. The van der Waals surface area contributed by atoms with Crippen LogP contribution in [0.3, 0.4) is 0 Å². The molecule has 0 aliphatic carbocycles. The van der Waals surface area contributed by atoms with Crippen molar-refractivity contribution in [3.8, 4) is 23.0 Å². The van der Waals surface area contributed by atoms with Gasteiger partial charge in [0, 0.05) is 12.7 Å². The van der Waals surface area contributed by atoms with Gasteiger partial charge in [0.2, 0.25) is 0 Å². The lowest BCUT2D eigenvalue weighted by Gasteiger charge is -2.12. The van der Waals surface area contributed by atoms with Gasteiger partial charge in [0.05, 0.1) is 26.0 Å². The Morgan fingerprint density at radius 3 is 2.76 bits per heavy atom. The number of benzene rings is 1. The molecule has 1 amide bonds. The minimum Gasteiger partial charge on any atom is -0.493 e. The van der Waals surface area contributed by atoms with E-state index in [1.807, 2.05) is 18.2 Å². The topological polar surface area (TPSA) is 73.6 Å². The van der Waals surface area contributed by atoms with E-state index in [1.165, 1.54) is 14.2 Å². The van der Waals surface area contributed by atoms with Gasteiger partial charge in [-0.3, -0.25) is 9.78 Å². The van der Waals surface area contributed by atoms with E-state index in [-0.39, 0.29) is 5.91 Å². The van der Waals surface area contributed by atoms with Crippen LogP contribution >= 0.6 is 0 Å². The molecule has 0 saturated carbocycles. The van der Waals surface area contributed by atoms with E-state index in [9.17, 15) is 4.79 Å². The van der Waals surface area contributed by atoms with E-state index < -0.39 is 0 Å². The first kappa shape index (κ1) is 16.6. The average Bonchev–Trinajstić information content (AvgIpc) is 3.20. The number of furan rings is 1. The molecular weight excluding hydrogens is 320 g/mol. The van der Waals surface area contributed by atoms with Gasteiger partial charge in [-0.1, -0.05) is 6.07 Å². The van der Waals surface area contributed by atoms with Crippen LogP contribution in [0.25, 0.3) is 11.5 Å². The molecule has 1 N–H and O–H groups in total. The number of hydrogen-bond acceptors (Lipinski definition) is 5. The van der Waals surface area contributed by atoms with Crippen LogP contribution in [0.5, 0.6) is 11.5 Å². The van der Waals surface area contributed by atoms with Crippen molar-refractivity contribution in [2.24, 2.45) is 0 Å². The Kier molecular flexibility index (Phi) is 4.99. The lowest BCUT2D eigenvalue weighted by atomic mass is 10.1. The number of nitrogens with zero attached hydrogens (tertiary/aromatic N) is 1. The maximum absolute atomic E-state index is 12.5. The Hall–Kier alpha value is -3.28. The average molecular weight is 338 g/mol. The zero-order valence-electron chi connectivity index (χ0n) is 14.0. The van der Waals surface area contributed by atoms with Crippen molar-refractivity contribution in [3.05, 3.63) is 66.1 Å². The summed E-state index contributed by atoms with van der Waals surface area (Å²) in [4.78, 5) is 16.8. The van der Waals surface area contributed by atoms with Crippen LogP contribution in [0.15, 0.2) is 59.3 Å². The molecule has 6 nitrogen and oxygen atoms in total. The molecule has 3 aromatic rings. The highest BCUT2D eigenvalue weighted by atomic mass is 16.5. The summed E-state index contributed by atoms with van der Waals surface area (Å²) in [7, 11) is 3.04. The number of nitrogens with one attached hydrogen (secondary N) is 1. The van der Waals surface area contributed by atoms with Crippen LogP contribution in [-0.2, 0) is 6.54 Å². The number of rotatable bonds is 6. The number of aromatic nitrogens is 1. The van der Waals surface area contributed by atoms with Crippen LogP contribution in [-0.4, -0.2) is 25.1 Å². The molecule has 0 spiro atoms. The van der Waals surface area contributed by atoms with Crippen LogP contribution in [0, 0.1) is 0 Å². The van der Waals surface area contributed by atoms with Crippen molar-refractivity contribution < 1.29 is 18.7 Å². The molecule has 0 bridgehead atoms. The molecule has 6 heteroatoms. The van der Waals surface area contributed by atoms with Gasteiger partial charge in [-0.05, 0) is 42.0 Å². The van der Waals surface area contributed by atoms with Crippen molar-refractivity contribution in [1.82, 2.24) is 10.3 Å². The van der Waals surface area contributed by atoms with E-state index in [4.69, 9.17) is 13.9 Å². The maximum atomic E-state index is 12.5. The fraction of sp³-hybridized carbons (Fsp3) is 0.158. The summed E-state index contributed by atoms with van der Waals surface area (Å²) in [6.07, 6.45) is 3.28. The number of ether oxygens (including phenoxy) is 2. The van der Waals surface area contributed by atoms with Gasteiger partial charge in [0.1, 0.15) is 5.69 Å². The van der Waals surface area contributed by atoms with Crippen molar-refractivity contribution in [1.29, 1.82) is 0 Å². The first-order chi connectivity index (χ1) is 12.2. The molecule has 0 aliphatic rings. The van der Waals surface area contributed by atoms with E-state index >= 15 is 0 Å². The Morgan fingerprint density at radius 2 is 2.04 bits per heavy atom. The highest BCUT2D eigenvalue weighted by Crippen LogP contribution is 2.30. The third-order valence-electron chi connectivity index (χ3n) is 3.70. The molecule has 1 aromatic carbocycles. The number of amides is 1. The lowest BCUT2D eigenvalue weighted by Crippen LogP contribution is -2.23. The van der Waals surface area contributed by atoms with E-state index in [1.54, 1.807) is 36.7 Å². The summed E-state index contributed by atoms with van der Waals surface area (Å²) in [6.45, 7) is 0.357. The fourth-order valence-electron chi connectivity index (χ4n) is 2.49. The number of pyridine rings is 1. The first-order valence-electron chi connectivity index (χ1n) is 7.71. The van der Waals surface area contributed by atoms with Crippen molar-refractivity contribution in [2.75, 3.05) is 14.2 Å². The molecule has 3 rings (SSSR count). The second-order valence-corrected chi connectivity index (χ2v) is 5.25. The number of hydrogen-bond donors (Lipinski definition) is 1. The Morgan fingerprint density at radius 1 is 1.16 bits per heavy atom. The summed E-state index contributed by atoms with van der Waals surface area (Å²) in [5.74, 6) is 1.36. The molecule has 128 valence electrons. The third-order valence-corrected chi connectivity index (χ3v) is 3.70. The second kappa shape index (κ2) is 7.53. The SMILES string of the molecule is COc1cccc(C(=O)NCc2ccnc(-c3ccco3)c2)c1OC. The van der Waals surface area contributed by atoms with E-state index in [0.717, 1.165) is 11.3 Å². The highest BCUT2D eigenvalue weighted by molar-refractivity contribution is 5.97. The smallest absolute Gasteiger partial charge is 0.255 e. The molecule has 2 heterocycles. The van der Waals surface area contributed by atoms with Crippen LogP contribution < -0.4 is 14.8 Å². The van der Waals surface area contributed by atoms with Crippen LogP contribution in [0.4, 0.5) is 0 Å². The van der Waals surface area contributed by atoms with Crippen LogP contribution in [0.1, 0.15) is 15.9 Å². The Bertz CT molecular complexity index is 860.